The van der Waals surface area contributed by atoms with Crippen molar-refractivity contribution in [2.75, 3.05) is 0 Å². The van der Waals surface area contributed by atoms with Crippen molar-refractivity contribution in [3.63, 3.8) is 0 Å². The number of hydrogen-bond acceptors (Lipinski definition) is 4. The summed E-state index contributed by atoms with van der Waals surface area (Å²) in [5, 5.41) is 0.658. The minimum absolute atomic E-state index is 0.126. The first kappa shape index (κ1) is 16.0. The monoisotopic (exact) mass is 339 g/mol. The van der Waals surface area contributed by atoms with E-state index < -0.39 is 0 Å². The molecule has 24 heavy (non-hydrogen) atoms. The first-order valence-corrected chi connectivity index (χ1v) is 7.68. The number of hydrogen-bond donors (Lipinski definition) is 0. The molecule has 0 bridgehead atoms. The van der Waals surface area contributed by atoms with Gasteiger partial charge in [-0.25, -0.2) is 0 Å². The van der Waals surface area contributed by atoms with E-state index in [1.165, 1.54) is 12.3 Å². The normalized spacial score (nSPS) is 10.9. The lowest BCUT2D eigenvalue weighted by atomic mass is 10.2. The number of nitrogens with zero attached hydrogens (tertiary/aromatic N) is 1. The summed E-state index contributed by atoms with van der Waals surface area (Å²) in [5.74, 6) is 1.83. The predicted molar refractivity (Wildman–Crippen MR) is 92.1 cm³/mol. The van der Waals surface area contributed by atoms with Gasteiger partial charge in [0, 0.05) is 23.0 Å². The van der Waals surface area contributed by atoms with E-state index in [0.717, 1.165) is 0 Å². The highest BCUT2D eigenvalue weighted by Crippen LogP contribution is 2.18. The van der Waals surface area contributed by atoms with Crippen molar-refractivity contribution < 1.29 is 13.9 Å². The molecule has 0 aliphatic rings. The van der Waals surface area contributed by atoms with Crippen molar-refractivity contribution in [3.05, 3.63) is 89.1 Å². The van der Waals surface area contributed by atoms with E-state index >= 15 is 0 Å². The third-order valence-corrected chi connectivity index (χ3v) is 3.47. The third kappa shape index (κ3) is 4.33. The Balaban J connectivity index is 1.58. The number of aromatic nitrogens is 1. The van der Waals surface area contributed by atoms with Gasteiger partial charge in [0.05, 0.1) is 0 Å². The Morgan fingerprint density at radius 1 is 1.17 bits per heavy atom. The summed E-state index contributed by atoms with van der Waals surface area (Å²) in [7, 11) is 0. The summed E-state index contributed by atoms with van der Waals surface area (Å²) >= 11 is 5.82. The van der Waals surface area contributed by atoms with Crippen molar-refractivity contribution in [3.8, 4) is 5.75 Å². The molecule has 0 spiro atoms. The zero-order valence-corrected chi connectivity index (χ0v) is 13.4. The molecule has 3 aromatic rings. The molecule has 120 valence electrons. The van der Waals surface area contributed by atoms with Gasteiger partial charge in [-0.2, -0.15) is 0 Å². The van der Waals surface area contributed by atoms with Crippen LogP contribution in [0.25, 0.3) is 6.08 Å². The van der Waals surface area contributed by atoms with Gasteiger partial charge in [-0.15, -0.1) is 0 Å². The van der Waals surface area contributed by atoms with Gasteiger partial charge in [-0.05, 0) is 60.7 Å². The van der Waals surface area contributed by atoms with E-state index in [9.17, 15) is 4.79 Å². The molecular formula is C19H14ClNO3. The Morgan fingerprint density at radius 3 is 2.75 bits per heavy atom. The fourth-order valence-electron chi connectivity index (χ4n) is 2.01. The van der Waals surface area contributed by atoms with Crippen LogP contribution in [0.2, 0.25) is 5.02 Å². The van der Waals surface area contributed by atoms with Gasteiger partial charge in [-0.3, -0.25) is 9.78 Å². The first-order valence-electron chi connectivity index (χ1n) is 7.30. The van der Waals surface area contributed by atoms with Crippen LogP contribution >= 0.6 is 11.6 Å². The molecule has 0 aliphatic heterocycles. The standard InChI is InChI=1S/C19H14ClNO3/c20-15-3-5-16(6-4-15)23-13-18-8-7-17(24-18)9-10-19(22)14-2-1-11-21-12-14/h1-12H,13H2/b10-9+. The minimum atomic E-state index is -0.126. The van der Waals surface area contributed by atoms with Gasteiger partial charge in [0.25, 0.3) is 0 Å². The highest BCUT2D eigenvalue weighted by atomic mass is 35.5. The molecule has 0 amide bonds. The molecule has 3 rings (SSSR count). The second kappa shape index (κ2) is 7.62. The Morgan fingerprint density at radius 2 is 2.00 bits per heavy atom. The molecule has 0 saturated heterocycles. The van der Waals surface area contributed by atoms with Gasteiger partial charge in [0.2, 0.25) is 0 Å². The number of ether oxygens (including phenoxy) is 1. The van der Waals surface area contributed by atoms with E-state index in [1.54, 1.807) is 54.7 Å². The van der Waals surface area contributed by atoms with Crippen molar-refractivity contribution >= 4 is 23.5 Å². The van der Waals surface area contributed by atoms with Crippen LogP contribution < -0.4 is 4.74 Å². The zero-order chi connectivity index (χ0) is 16.8. The van der Waals surface area contributed by atoms with Crippen molar-refractivity contribution in [1.82, 2.24) is 4.98 Å². The van der Waals surface area contributed by atoms with Crippen molar-refractivity contribution in [1.29, 1.82) is 0 Å². The molecule has 1 aromatic carbocycles. The summed E-state index contributed by atoms with van der Waals surface area (Å²) in [6, 6.07) is 14.1. The molecule has 2 heterocycles. The van der Waals surface area contributed by atoms with Crippen LogP contribution in [-0.4, -0.2) is 10.8 Å². The summed E-state index contributed by atoms with van der Waals surface area (Å²) < 4.78 is 11.2. The second-order valence-electron chi connectivity index (χ2n) is 4.99. The van der Waals surface area contributed by atoms with Gasteiger partial charge in [0.15, 0.2) is 5.78 Å². The van der Waals surface area contributed by atoms with Crippen LogP contribution in [0.1, 0.15) is 21.9 Å². The van der Waals surface area contributed by atoms with E-state index in [2.05, 4.69) is 4.98 Å². The zero-order valence-electron chi connectivity index (χ0n) is 12.7. The van der Waals surface area contributed by atoms with Crippen LogP contribution in [0.5, 0.6) is 5.75 Å². The minimum Gasteiger partial charge on any atom is -0.486 e. The molecule has 0 N–H and O–H groups in total. The molecule has 0 aliphatic carbocycles. The maximum Gasteiger partial charge on any atom is 0.187 e. The number of carbonyl (C=O) groups excluding carboxylic acids is 1. The maximum atomic E-state index is 12.0. The Bertz CT molecular complexity index is 839. The average molecular weight is 340 g/mol. The molecule has 0 unspecified atom stereocenters. The second-order valence-corrected chi connectivity index (χ2v) is 5.42. The maximum absolute atomic E-state index is 12.0. The van der Waals surface area contributed by atoms with Gasteiger partial charge in [-0.1, -0.05) is 11.6 Å². The SMILES string of the molecule is O=C(/C=C/c1ccc(COc2ccc(Cl)cc2)o1)c1cccnc1. The lowest BCUT2D eigenvalue weighted by Gasteiger charge is -2.03. The topological polar surface area (TPSA) is 52.3 Å². The van der Waals surface area contributed by atoms with Gasteiger partial charge in [0.1, 0.15) is 23.9 Å². The van der Waals surface area contributed by atoms with Gasteiger partial charge >= 0.3 is 0 Å². The molecule has 2 aromatic heterocycles. The molecule has 4 nitrogen and oxygen atoms in total. The number of ketones is 1. The number of carbonyl (C=O) groups is 1. The third-order valence-electron chi connectivity index (χ3n) is 3.22. The van der Waals surface area contributed by atoms with Crippen molar-refractivity contribution in [2.24, 2.45) is 0 Å². The van der Waals surface area contributed by atoms with E-state index in [0.29, 0.717) is 34.5 Å². The molecular weight excluding hydrogens is 326 g/mol. The Labute approximate surface area is 144 Å². The largest absolute Gasteiger partial charge is 0.486 e. The molecule has 5 heteroatoms. The lowest BCUT2D eigenvalue weighted by molar-refractivity contribution is 0.104. The number of allylic oxidation sites excluding steroid dienone is 1. The van der Waals surface area contributed by atoms with Crippen molar-refractivity contribution in [2.45, 2.75) is 6.61 Å². The van der Waals surface area contributed by atoms with Crippen LogP contribution in [0.3, 0.4) is 0 Å². The lowest BCUT2D eigenvalue weighted by Crippen LogP contribution is -1.94. The summed E-state index contributed by atoms with van der Waals surface area (Å²) in [4.78, 5) is 15.9. The molecule has 0 fully saturated rings. The summed E-state index contributed by atoms with van der Waals surface area (Å²) in [6.07, 6.45) is 6.24. The van der Waals surface area contributed by atoms with Crippen LogP contribution in [-0.2, 0) is 6.61 Å². The summed E-state index contributed by atoms with van der Waals surface area (Å²) in [6.45, 7) is 0.298. The van der Waals surface area contributed by atoms with E-state index in [-0.39, 0.29) is 5.78 Å². The fourth-order valence-corrected chi connectivity index (χ4v) is 2.14. The predicted octanol–water partition coefficient (Wildman–Crippen LogP) is 4.80. The van der Waals surface area contributed by atoms with Crippen LogP contribution in [0.15, 0.2) is 71.4 Å². The van der Waals surface area contributed by atoms with E-state index in [4.69, 9.17) is 20.8 Å². The smallest absolute Gasteiger partial charge is 0.187 e. The number of halogens is 1. The number of rotatable bonds is 6. The Kier molecular flexibility index (Phi) is 5.08. The fraction of sp³-hybridized carbons (Fsp3) is 0.0526. The van der Waals surface area contributed by atoms with E-state index in [1.807, 2.05) is 6.07 Å². The number of benzene rings is 1. The Hall–Kier alpha value is -2.85. The van der Waals surface area contributed by atoms with Crippen LogP contribution in [0.4, 0.5) is 0 Å². The first-order chi connectivity index (χ1) is 11.7. The van der Waals surface area contributed by atoms with Gasteiger partial charge < -0.3 is 9.15 Å². The average Bonchev–Trinajstić information content (AvgIpc) is 3.08. The molecule has 0 atom stereocenters. The number of pyridine rings is 1. The highest BCUT2D eigenvalue weighted by molar-refractivity contribution is 6.30. The highest BCUT2D eigenvalue weighted by Gasteiger charge is 2.04. The quantitative estimate of drug-likeness (QED) is 0.478. The number of furan rings is 1. The molecule has 0 radical (unpaired) electrons. The summed E-state index contributed by atoms with van der Waals surface area (Å²) in [5.41, 5.74) is 0.534. The molecule has 0 saturated carbocycles. The van der Waals surface area contributed by atoms with Crippen LogP contribution in [0, 0.1) is 0 Å².